The quantitative estimate of drug-likeness (QED) is 0.487. The summed E-state index contributed by atoms with van der Waals surface area (Å²) in [5.74, 6) is 0.415. The lowest BCUT2D eigenvalue weighted by Gasteiger charge is -2.14. The highest BCUT2D eigenvalue weighted by Gasteiger charge is 2.16. The first-order valence-electron chi connectivity index (χ1n) is 10.5. The van der Waals surface area contributed by atoms with Gasteiger partial charge in [-0.25, -0.2) is 0 Å². The van der Waals surface area contributed by atoms with Gasteiger partial charge in [-0.2, -0.15) is 5.10 Å². The van der Waals surface area contributed by atoms with Gasteiger partial charge >= 0.3 is 0 Å². The summed E-state index contributed by atoms with van der Waals surface area (Å²) < 4.78 is 0. The van der Waals surface area contributed by atoms with Crippen LogP contribution in [0.1, 0.15) is 23.6 Å². The van der Waals surface area contributed by atoms with E-state index in [9.17, 15) is 4.79 Å². The Morgan fingerprint density at radius 1 is 1.16 bits per heavy atom. The molecule has 3 rings (SSSR count). The number of aliphatic imine (C=N–C) groups is 1. The molecular weight excluding hydrogens is 398 g/mol. The van der Waals surface area contributed by atoms with Gasteiger partial charge in [-0.1, -0.05) is 66.7 Å². The minimum Gasteiger partial charge on any atom is -0.348 e. The van der Waals surface area contributed by atoms with Crippen LogP contribution in [0.15, 0.2) is 101 Å². The van der Waals surface area contributed by atoms with Gasteiger partial charge in [0, 0.05) is 30.4 Å². The molecule has 1 aliphatic heterocycles. The maximum Gasteiger partial charge on any atom is 0.251 e. The van der Waals surface area contributed by atoms with Crippen molar-refractivity contribution in [2.24, 2.45) is 10.1 Å². The van der Waals surface area contributed by atoms with Gasteiger partial charge in [0.2, 0.25) is 0 Å². The first kappa shape index (κ1) is 22.7. The number of aryl methyl sites for hydroxylation is 1. The van der Waals surface area contributed by atoms with Crippen molar-refractivity contribution >= 4 is 17.5 Å². The molecule has 0 aromatic heterocycles. The number of carbonyl (C=O) groups excluding carboxylic acids is 1. The predicted octanol–water partition coefficient (Wildman–Crippen LogP) is 3.62. The molecule has 0 fully saturated rings. The molecule has 0 radical (unpaired) electrons. The van der Waals surface area contributed by atoms with Gasteiger partial charge in [0.15, 0.2) is 5.84 Å². The Morgan fingerprint density at radius 3 is 2.66 bits per heavy atom. The fraction of sp³-hybridized carbons (Fsp3) is 0.192. The number of nitrogens with one attached hydrogen (secondary N) is 3. The average molecular weight is 428 g/mol. The summed E-state index contributed by atoms with van der Waals surface area (Å²) in [4.78, 5) is 17.6. The van der Waals surface area contributed by atoms with Crippen molar-refractivity contribution < 1.29 is 4.79 Å². The first-order valence-corrected chi connectivity index (χ1v) is 10.5. The fourth-order valence-corrected chi connectivity index (χ4v) is 3.31. The first-order chi connectivity index (χ1) is 15.5. The van der Waals surface area contributed by atoms with Gasteiger partial charge in [0.25, 0.3) is 5.91 Å². The molecule has 1 atom stereocenters. The fourth-order valence-electron chi connectivity index (χ4n) is 3.31. The number of benzene rings is 2. The number of rotatable bonds is 6. The number of amidine groups is 1. The van der Waals surface area contributed by atoms with Crippen LogP contribution in [0.25, 0.3) is 0 Å². The molecule has 0 saturated heterocycles. The third-order valence-electron chi connectivity index (χ3n) is 4.79. The number of nitrogens with zero attached hydrogens (tertiary/aromatic N) is 2. The van der Waals surface area contributed by atoms with E-state index < -0.39 is 0 Å². The summed E-state index contributed by atoms with van der Waals surface area (Å²) in [6.07, 6.45) is 5.37. The highest BCUT2D eigenvalue weighted by atomic mass is 16.1. The zero-order valence-corrected chi connectivity index (χ0v) is 18.7. The molecule has 0 saturated carbocycles. The average Bonchev–Trinajstić information content (AvgIpc) is 2.85. The Hall–Kier alpha value is -3.93. The van der Waals surface area contributed by atoms with E-state index in [1.807, 2.05) is 68.5 Å². The van der Waals surface area contributed by atoms with E-state index in [4.69, 9.17) is 4.99 Å². The molecule has 164 valence electrons. The summed E-state index contributed by atoms with van der Waals surface area (Å²) in [5, 5.41) is 10.6. The lowest BCUT2D eigenvalue weighted by atomic mass is 10.1. The van der Waals surface area contributed by atoms with Crippen molar-refractivity contribution in [2.45, 2.75) is 26.4 Å². The van der Waals surface area contributed by atoms with Crippen LogP contribution in [0.2, 0.25) is 0 Å². The van der Waals surface area contributed by atoms with Gasteiger partial charge in [-0.05, 0) is 37.6 Å². The number of hydrogen-bond donors (Lipinski definition) is 3. The largest absolute Gasteiger partial charge is 0.348 e. The summed E-state index contributed by atoms with van der Waals surface area (Å²) >= 11 is 0. The summed E-state index contributed by atoms with van der Waals surface area (Å²) in [7, 11) is 1.74. The highest BCUT2D eigenvalue weighted by molar-refractivity contribution is 6.47. The van der Waals surface area contributed by atoms with Crippen LogP contribution in [0.4, 0.5) is 0 Å². The smallest absolute Gasteiger partial charge is 0.251 e. The van der Waals surface area contributed by atoms with Crippen LogP contribution in [0.5, 0.6) is 0 Å². The van der Waals surface area contributed by atoms with Crippen molar-refractivity contribution in [1.82, 2.24) is 16.1 Å². The number of amides is 1. The Kier molecular flexibility index (Phi) is 7.75. The van der Waals surface area contributed by atoms with Gasteiger partial charge in [-0.3, -0.25) is 9.79 Å². The van der Waals surface area contributed by atoms with Crippen LogP contribution in [-0.4, -0.2) is 30.5 Å². The predicted molar refractivity (Wildman–Crippen MR) is 131 cm³/mol. The molecule has 2 aromatic rings. The molecule has 1 unspecified atom stereocenters. The number of allylic oxidation sites excluding steroid dienone is 1. The lowest BCUT2D eigenvalue weighted by molar-refractivity contribution is -0.117. The topological polar surface area (TPSA) is 77.9 Å². The summed E-state index contributed by atoms with van der Waals surface area (Å²) in [6.45, 7) is 8.48. The van der Waals surface area contributed by atoms with E-state index in [0.717, 1.165) is 16.7 Å². The van der Waals surface area contributed by atoms with E-state index >= 15 is 0 Å². The van der Waals surface area contributed by atoms with Gasteiger partial charge in [0.05, 0.1) is 6.04 Å². The second-order valence-corrected chi connectivity index (χ2v) is 7.55. The van der Waals surface area contributed by atoms with E-state index in [1.165, 1.54) is 0 Å². The maximum absolute atomic E-state index is 12.9. The van der Waals surface area contributed by atoms with Gasteiger partial charge in [0.1, 0.15) is 5.71 Å². The molecule has 6 nitrogen and oxygen atoms in total. The molecule has 0 bridgehead atoms. The van der Waals surface area contributed by atoms with Crippen LogP contribution in [0, 0.1) is 6.92 Å². The SMILES string of the molecule is C=C1/C=C\C(C(=O)NCc2cccc(C)c2)=C/C(C)N=C(/C(=N/NC)c2ccccc2)N1. The molecule has 1 amide bonds. The molecule has 1 aliphatic rings. The number of hydrazone groups is 1. The molecule has 3 N–H and O–H groups in total. The summed E-state index contributed by atoms with van der Waals surface area (Å²) in [6, 6.07) is 17.6. The lowest BCUT2D eigenvalue weighted by Crippen LogP contribution is -2.33. The second-order valence-electron chi connectivity index (χ2n) is 7.55. The summed E-state index contributed by atoms with van der Waals surface area (Å²) in [5.41, 5.74) is 7.78. The number of carbonyl (C=O) groups is 1. The van der Waals surface area contributed by atoms with Crippen LogP contribution < -0.4 is 16.1 Å². The molecule has 1 heterocycles. The van der Waals surface area contributed by atoms with Crippen molar-refractivity contribution in [3.8, 4) is 0 Å². The maximum atomic E-state index is 12.9. The molecular formula is C26H29N5O. The standard InChI is InChI=1S/C26H29N5O/c1-18-9-8-10-21(15-18)17-28-26(32)23-14-13-19(2)29-25(30-20(3)16-23)24(31-27-4)22-11-6-5-7-12-22/h5-16,20,27H,2,17H2,1,3-4H3,(H,28,32)(H,29,30)/b14-13-,23-16+,31-24+. The normalized spacial score (nSPS) is 19.3. The molecule has 6 heteroatoms. The van der Waals surface area contributed by atoms with Crippen LogP contribution >= 0.6 is 0 Å². The molecule has 0 spiro atoms. The zero-order chi connectivity index (χ0) is 22.9. The monoisotopic (exact) mass is 427 g/mol. The Balaban J connectivity index is 1.85. The molecule has 32 heavy (non-hydrogen) atoms. The van der Waals surface area contributed by atoms with Crippen molar-refractivity contribution in [3.05, 3.63) is 107 Å². The third kappa shape index (κ3) is 6.28. The van der Waals surface area contributed by atoms with Crippen LogP contribution in [0.3, 0.4) is 0 Å². The second kappa shape index (κ2) is 10.9. The van der Waals surface area contributed by atoms with E-state index in [0.29, 0.717) is 29.4 Å². The van der Waals surface area contributed by atoms with Crippen molar-refractivity contribution in [3.63, 3.8) is 0 Å². The van der Waals surface area contributed by atoms with Gasteiger partial charge in [-0.15, -0.1) is 0 Å². The van der Waals surface area contributed by atoms with E-state index in [-0.39, 0.29) is 11.9 Å². The van der Waals surface area contributed by atoms with E-state index in [2.05, 4.69) is 33.8 Å². The zero-order valence-electron chi connectivity index (χ0n) is 18.7. The number of hydrogen-bond acceptors (Lipinski definition) is 5. The Morgan fingerprint density at radius 2 is 1.94 bits per heavy atom. The van der Waals surface area contributed by atoms with E-state index in [1.54, 1.807) is 19.2 Å². The Bertz CT molecular complexity index is 1100. The molecule has 0 aliphatic carbocycles. The minimum absolute atomic E-state index is 0.159. The van der Waals surface area contributed by atoms with Crippen LogP contribution in [-0.2, 0) is 11.3 Å². The highest BCUT2D eigenvalue weighted by Crippen LogP contribution is 2.11. The Labute approximate surface area is 189 Å². The van der Waals surface area contributed by atoms with Gasteiger partial charge < -0.3 is 16.1 Å². The van der Waals surface area contributed by atoms with Crippen molar-refractivity contribution in [2.75, 3.05) is 7.05 Å². The van der Waals surface area contributed by atoms with Crippen molar-refractivity contribution in [1.29, 1.82) is 0 Å². The minimum atomic E-state index is -0.265. The molecule has 2 aromatic carbocycles. The third-order valence-corrected chi connectivity index (χ3v) is 4.79.